The quantitative estimate of drug-likeness (QED) is 0.450. The summed E-state index contributed by atoms with van der Waals surface area (Å²) in [6.45, 7) is 0. The fourth-order valence-corrected chi connectivity index (χ4v) is 0. The Morgan fingerprint density at radius 2 is 1.40 bits per heavy atom. The molecule has 0 aliphatic heterocycles. The van der Waals surface area contributed by atoms with Gasteiger partial charge in [-0.3, -0.25) is 4.57 Å². The van der Waals surface area contributed by atoms with E-state index in [1.165, 1.54) is 0 Å². The van der Waals surface area contributed by atoms with Gasteiger partial charge in [-0.25, -0.2) is 0 Å². The second kappa shape index (κ2) is 5.02. The van der Waals surface area contributed by atoms with E-state index < -0.39 is 8.25 Å². The first-order chi connectivity index (χ1) is 1.73. The third-order valence-corrected chi connectivity index (χ3v) is 0. The maximum Gasteiger partial charge on any atom is 0.314 e. The van der Waals surface area contributed by atoms with E-state index in [4.69, 9.17) is 14.4 Å². The smallest absolute Gasteiger partial charge is 0.314 e. The molecule has 0 rings (SSSR count). The molecule has 0 aliphatic carbocycles. The van der Waals surface area contributed by atoms with Gasteiger partial charge < -0.3 is 9.79 Å². The average Bonchev–Trinajstić information content (AvgIpc) is 0.811. The first-order valence-electron chi connectivity index (χ1n) is 0.651. The fraction of sp³-hybridized carbons (Fsp3) is 0. The van der Waals surface area contributed by atoms with E-state index in [-0.39, 0.29) is 25.8 Å². The van der Waals surface area contributed by atoms with E-state index in [0.717, 1.165) is 0 Å². The molecule has 30 valence electrons. The van der Waals surface area contributed by atoms with Crippen LogP contribution in [0.25, 0.3) is 0 Å². The molecule has 0 spiro atoms. The standard InChI is InChI=1S/Hf.H3O3P/c;1-4(2)3/h;4H,(H2,1,2,3). The van der Waals surface area contributed by atoms with Crippen molar-refractivity contribution in [2.75, 3.05) is 0 Å². The predicted molar refractivity (Wildman–Crippen MR) is 13.4 cm³/mol. The number of rotatable bonds is 0. The molecule has 0 amide bonds. The van der Waals surface area contributed by atoms with Crippen molar-refractivity contribution in [3.05, 3.63) is 0 Å². The van der Waals surface area contributed by atoms with Crippen molar-refractivity contribution < 1.29 is 40.2 Å². The second-order valence-corrected chi connectivity index (χ2v) is 0.848. The molecule has 3 nitrogen and oxygen atoms in total. The Bertz CT molecular complexity index is 29.9. The second-order valence-electron chi connectivity index (χ2n) is 0.283. The summed E-state index contributed by atoms with van der Waals surface area (Å²) in [5.74, 6) is 0. The third-order valence-electron chi connectivity index (χ3n) is 0. The van der Waals surface area contributed by atoms with E-state index >= 15 is 0 Å². The summed E-state index contributed by atoms with van der Waals surface area (Å²) in [5, 5.41) is 0. The van der Waals surface area contributed by atoms with Gasteiger partial charge in [0.1, 0.15) is 0 Å². The molecule has 0 heterocycles. The van der Waals surface area contributed by atoms with Crippen molar-refractivity contribution >= 4 is 8.25 Å². The van der Waals surface area contributed by atoms with Crippen LogP contribution in [0, 0.1) is 0 Å². The Labute approximate surface area is 48.7 Å². The molecule has 5 heteroatoms. The minimum absolute atomic E-state index is 0. The first-order valence-corrected chi connectivity index (χ1v) is 1.95. The molecule has 0 fully saturated rings. The van der Waals surface area contributed by atoms with Crippen molar-refractivity contribution in [2.24, 2.45) is 0 Å². The Kier molecular flexibility index (Phi) is 9.43. The van der Waals surface area contributed by atoms with Crippen LogP contribution in [0.3, 0.4) is 0 Å². The van der Waals surface area contributed by atoms with E-state index in [2.05, 4.69) is 0 Å². The summed E-state index contributed by atoms with van der Waals surface area (Å²) >= 11 is 0. The van der Waals surface area contributed by atoms with Crippen molar-refractivity contribution in [3.8, 4) is 0 Å². The van der Waals surface area contributed by atoms with Gasteiger partial charge in [0, 0.05) is 25.8 Å². The number of hydrogen-bond acceptors (Lipinski definition) is 1. The Hall–Kier alpha value is 1.02. The average molecular weight is 260 g/mol. The van der Waals surface area contributed by atoms with Crippen molar-refractivity contribution in [1.29, 1.82) is 0 Å². The molecule has 0 aromatic rings. The Morgan fingerprint density at radius 1 is 1.40 bits per heavy atom. The van der Waals surface area contributed by atoms with Crippen molar-refractivity contribution in [1.82, 2.24) is 0 Å². The van der Waals surface area contributed by atoms with Crippen LogP contribution in [-0.2, 0) is 30.4 Å². The summed E-state index contributed by atoms with van der Waals surface area (Å²) in [7, 11) is -3.13. The predicted octanol–water partition coefficient (Wildman–Crippen LogP) is -0.642. The zero-order chi connectivity index (χ0) is 3.58. The van der Waals surface area contributed by atoms with Crippen LogP contribution >= 0.6 is 8.25 Å². The van der Waals surface area contributed by atoms with Gasteiger partial charge in [-0.15, -0.1) is 0 Å². The van der Waals surface area contributed by atoms with Gasteiger partial charge in [-0.1, -0.05) is 0 Å². The van der Waals surface area contributed by atoms with Gasteiger partial charge in [0.2, 0.25) is 0 Å². The van der Waals surface area contributed by atoms with Crippen LogP contribution in [0.15, 0.2) is 0 Å². The van der Waals surface area contributed by atoms with Crippen LogP contribution in [0.4, 0.5) is 0 Å². The molecule has 0 aromatic heterocycles. The van der Waals surface area contributed by atoms with E-state index in [9.17, 15) is 0 Å². The topological polar surface area (TPSA) is 57.5 Å². The van der Waals surface area contributed by atoms with Crippen LogP contribution < -0.4 is 0 Å². The third kappa shape index (κ3) is 44.0. The van der Waals surface area contributed by atoms with Gasteiger partial charge >= 0.3 is 8.25 Å². The molecule has 0 saturated carbocycles. The van der Waals surface area contributed by atoms with Crippen LogP contribution in [0.1, 0.15) is 0 Å². The van der Waals surface area contributed by atoms with Crippen LogP contribution in [-0.4, -0.2) is 9.79 Å². The summed E-state index contributed by atoms with van der Waals surface area (Å²) < 4.78 is 8.74. The van der Waals surface area contributed by atoms with Gasteiger partial charge in [0.15, 0.2) is 0 Å². The summed E-state index contributed by atoms with van der Waals surface area (Å²) in [6, 6.07) is 0. The Balaban J connectivity index is 0. The summed E-state index contributed by atoms with van der Waals surface area (Å²) in [4.78, 5) is 14.3. The SMILES string of the molecule is O=[PH](O)O.[Hf]. The van der Waals surface area contributed by atoms with Crippen LogP contribution in [0.2, 0.25) is 0 Å². The molecule has 2 N–H and O–H groups in total. The maximum atomic E-state index is 8.74. The van der Waals surface area contributed by atoms with E-state index in [1.807, 2.05) is 0 Å². The molecule has 0 unspecified atom stereocenters. The monoisotopic (exact) mass is 262 g/mol. The van der Waals surface area contributed by atoms with Gasteiger partial charge in [0.05, 0.1) is 0 Å². The molecule has 0 bridgehead atoms. The van der Waals surface area contributed by atoms with E-state index in [1.54, 1.807) is 0 Å². The molecular weight excluding hydrogens is 257 g/mol. The zero-order valence-electron chi connectivity index (χ0n) is 2.30. The minimum Gasteiger partial charge on any atom is -0.326 e. The largest absolute Gasteiger partial charge is 0.326 e. The van der Waals surface area contributed by atoms with Crippen molar-refractivity contribution in [3.63, 3.8) is 0 Å². The molecule has 0 radical (unpaired) electrons. The maximum absolute atomic E-state index is 8.74. The van der Waals surface area contributed by atoms with Gasteiger partial charge in [0.25, 0.3) is 0 Å². The molecule has 0 aromatic carbocycles. The number of hydrogen-bond donors (Lipinski definition) is 2. The molecule has 0 aliphatic rings. The van der Waals surface area contributed by atoms with E-state index in [0.29, 0.717) is 0 Å². The molecule has 0 saturated heterocycles. The minimum atomic E-state index is -3.13. The fourth-order valence-electron chi connectivity index (χ4n) is 0. The zero-order valence-corrected chi connectivity index (χ0v) is 6.90. The molecule has 0 atom stereocenters. The summed E-state index contributed by atoms with van der Waals surface area (Å²) in [6.07, 6.45) is 0. The first kappa shape index (κ1) is 9.39. The summed E-state index contributed by atoms with van der Waals surface area (Å²) in [5.41, 5.74) is 0. The van der Waals surface area contributed by atoms with Crippen molar-refractivity contribution in [2.45, 2.75) is 0 Å². The van der Waals surface area contributed by atoms with Gasteiger partial charge in [-0.2, -0.15) is 0 Å². The Morgan fingerprint density at radius 3 is 1.40 bits per heavy atom. The molecular formula is H3HfO3P. The van der Waals surface area contributed by atoms with Crippen LogP contribution in [0.5, 0.6) is 0 Å². The molecule has 5 heavy (non-hydrogen) atoms. The van der Waals surface area contributed by atoms with Gasteiger partial charge in [-0.05, 0) is 0 Å². The normalized spacial score (nSPS) is 7.00.